The van der Waals surface area contributed by atoms with E-state index in [2.05, 4.69) is 10.4 Å². The zero-order chi connectivity index (χ0) is 12.5. The number of carbonyl (C=O) groups excluding carboxylic acids is 1. The molecule has 17 heavy (non-hydrogen) atoms. The van der Waals surface area contributed by atoms with E-state index < -0.39 is 5.54 Å². The highest BCUT2D eigenvalue weighted by Crippen LogP contribution is 2.24. The highest BCUT2D eigenvalue weighted by molar-refractivity contribution is 5.84. The molecule has 1 atom stereocenters. The van der Waals surface area contributed by atoms with E-state index in [4.69, 9.17) is 5.73 Å². The summed E-state index contributed by atoms with van der Waals surface area (Å²) in [6.07, 6.45) is 4.72. The van der Waals surface area contributed by atoms with Gasteiger partial charge >= 0.3 is 0 Å². The maximum absolute atomic E-state index is 11.6. The van der Waals surface area contributed by atoms with Gasteiger partial charge in [0.2, 0.25) is 5.91 Å². The van der Waals surface area contributed by atoms with Gasteiger partial charge in [-0.05, 0) is 39.2 Å². The number of hydrogen-bond donors (Lipinski definition) is 2. The van der Waals surface area contributed by atoms with E-state index >= 15 is 0 Å². The lowest BCUT2D eigenvalue weighted by Gasteiger charge is -2.27. The minimum Gasteiger partial charge on any atom is -0.368 e. The first-order valence-corrected chi connectivity index (χ1v) is 6.07. The average molecular weight is 236 g/mol. The van der Waals surface area contributed by atoms with Crippen molar-refractivity contribution in [3.63, 3.8) is 0 Å². The fourth-order valence-corrected chi connectivity index (χ4v) is 1.91. The van der Waals surface area contributed by atoms with Gasteiger partial charge in [-0.1, -0.05) is 0 Å². The summed E-state index contributed by atoms with van der Waals surface area (Å²) in [6, 6.07) is 2.42. The Morgan fingerprint density at radius 3 is 2.88 bits per heavy atom. The number of nitrogens with zero attached hydrogens (tertiary/aromatic N) is 2. The van der Waals surface area contributed by atoms with Gasteiger partial charge in [-0.15, -0.1) is 0 Å². The fraction of sp³-hybridized carbons (Fsp3) is 0.667. The Bertz CT molecular complexity index is 410. The quantitative estimate of drug-likeness (QED) is 0.758. The lowest BCUT2D eigenvalue weighted by molar-refractivity contribution is -0.124. The standard InChI is InChI=1S/C12H20N4O/c1-9-5-7-14-16(9)8-6-12(2,11(13)17)15-10-3-4-10/h5,7,10,15H,3-4,6,8H2,1-2H3,(H2,13,17). The number of rotatable bonds is 6. The first-order valence-electron chi connectivity index (χ1n) is 6.07. The molecular formula is C12H20N4O. The highest BCUT2D eigenvalue weighted by atomic mass is 16.1. The second-order valence-corrected chi connectivity index (χ2v) is 5.06. The number of primary amides is 1. The molecule has 1 aliphatic rings. The van der Waals surface area contributed by atoms with Crippen molar-refractivity contribution < 1.29 is 4.79 Å². The number of amides is 1. The van der Waals surface area contributed by atoms with Crippen LogP contribution in [-0.4, -0.2) is 27.3 Å². The molecule has 1 aromatic heterocycles. The van der Waals surface area contributed by atoms with Crippen LogP contribution < -0.4 is 11.1 Å². The predicted molar refractivity (Wildman–Crippen MR) is 65.3 cm³/mol. The van der Waals surface area contributed by atoms with E-state index in [1.807, 2.05) is 24.6 Å². The van der Waals surface area contributed by atoms with Crippen molar-refractivity contribution in [1.82, 2.24) is 15.1 Å². The Balaban J connectivity index is 1.97. The van der Waals surface area contributed by atoms with Gasteiger partial charge in [-0.2, -0.15) is 5.10 Å². The number of carbonyl (C=O) groups is 1. The third-order valence-corrected chi connectivity index (χ3v) is 3.40. The van der Waals surface area contributed by atoms with E-state index in [9.17, 15) is 4.79 Å². The molecule has 1 aromatic rings. The molecule has 5 heteroatoms. The molecule has 1 fully saturated rings. The SMILES string of the molecule is Cc1ccnn1CCC(C)(NC1CC1)C(N)=O. The van der Waals surface area contributed by atoms with Crippen LogP contribution in [0.5, 0.6) is 0 Å². The summed E-state index contributed by atoms with van der Waals surface area (Å²) >= 11 is 0. The average Bonchev–Trinajstić information content (AvgIpc) is 2.97. The van der Waals surface area contributed by atoms with E-state index in [0.29, 0.717) is 19.0 Å². The maximum Gasteiger partial charge on any atom is 0.237 e. The van der Waals surface area contributed by atoms with Crippen molar-refractivity contribution in [2.24, 2.45) is 5.73 Å². The predicted octanol–water partition coefficient (Wildman–Crippen LogP) is 0.578. The number of aryl methyl sites for hydroxylation is 2. The van der Waals surface area contributed by atoms with Gasteiger partial charge in [0.05, 0.1) is 5.54 Å². The normalized spacial score (nSPS) is 18.9. The summed E-state index contributed by atoms with van der Waals surface area (Å²) in [4.78, 5) is 11.6. The van der Waals surface area contributed by atoms with E-state index in [1.54, 1.807) is 6.20 Å². The van der Waals surface area contributed by atoms with Crippen LogP contribution in [0.1, 0.15) is 31.9 Å². The van der Waals surface area contributed by atoms with Gasteiger partial charge in [0.15, 0.2) is 0 Å². The lowest BCUT2D eigenvalue weighted by atomic mass is 9.96. The summed E-state index contributed by atoms with van der Waals surface area (Å²) in [5.74, 6) is -0.283. The van der Waals surface area contributed by atoms with Crippen LogP contribution in [0.3, 0.4) is 0 Å². The zero-order valence-corrected chi connectivity index (χ0v) is 10.4. The highest BCUT2D eigenvalue weighted by Gasteiger charge is 2.36. The van der Waals surface area contributed by atoms with Crippen LogP contribution >= 0.6 is 0 Å². The summed E-state index contributed by atoms with van der Waals surface area (Å²) < 4.78 is 1.90. The number of hydrogen-bond acceptors (Lipinski definition) is 3. The first-order chi connectivity index (χ1) is 8.01. The smallest absolute Gasteiger partial charge is 0.237 e. The lowest BCUT2D eigenvalue weighted by Crippen LogP contribution is -2.54. The third-order valence-electron chi connectivity index (χ3n) is 3.40. The molecule has 1 amide bonds. The monoisotopic (exact) mass is 236 g/mol. The topological polar surface area (TPSA) is 72.9 Å². The van der Waals surface area contributed by atoms with Crippen molar-refractivity contribution in [1.29, 1.82) is 0 Å². The molecule has 1 aliphatic carbocycles. The first kappa shape index (κ1) is 12.1. The van der Waals surface area contributed by atoms with Crippen LogP contribution in [0.2, 0.25) is 0 Å². The van der Waals surface area contributed by atoms with Crippen LogP contribution in [0.15, 0.2) is 12.3 Å². The van der Waals surface area contributed by atoms with E-state index in [-0.39, 0.29) is 5.91 Å². The van der Waals surface area contributed by atoms with Crippen molar-refractivity contribution in [2.45, 2.75) is 51.2 Å². The van der Waals surface area contributed by atoms with Crippen LogP contribution in [0, 0.1) is 6.92 Å². The summed E-state index contributed by atoms with van der Waals surface area (Å²) in [7, 11) is 0. The molecule has 0 aromatic carbocycles. The minimum atomic E-state index is -0.625. The Labute approximate surface area is 101 Å². The van der Waals surface area contributed by atoms with E-state index in [0.717, 1.165) is 18.5 Å². The molecule has 0 spiro atoms. The van der Waals surface area contributed by atoms with Crippen LogP contribution in [-0.2, 0) is 11.3 Å². The largest absolute Gasteiger partial charge is 0.368 e. The summed E-state index contributed by atoms with van der Waals surface area (Å²) in [5.41, 5.74) is 5.97. The van der Waals surface area contributed by atoms with Crippen molar-refractivity contribution in [3.05, 3.63) is 18.0 Å². The second kappa shape index (κ2) is 4.49. The van der Waals surface area contributed by atoms with Gasteiger partial charge in [-0.3, -0.25) is 9.48 Å². The van der Waals surface area contributed by atoms with Crippen LogP contribution in [0.25, 0.3) is 0 Å². The molecule has 1 saturated carbocycles. The van der Waals surface area contributed by atoms with Gasteiger partial charge in [-0.25, -0.2) is 0 Å². The number of nitrogens with one attached hydrogen (secondary N) is 1. The molecule has 0 radical (unpaired) electrons. The van der Waals surface area contributed by atoms with Crippen LogP contribution in [0.4, 0.5) is 0 Å². The van der Waals surface area contributed by atoms with E-state index in [1.165, 1.54) is 0 Å². The molecule has 5 nitrogen and oxygen atoms in total. The van der Waals surface area contributed by atoms with Gasteiger partial charge in [0.1, 0.15) is 0 Å². The molecule has 1 unspecified atom stereocenters. The van der Waals surface area contributed by atoms with Crippen molar-refractivity contribution in [3.8, 4) is 0 Å². The second-order valence-electron chi connectivity index (χ2n) is 5.06. The molecule has 1 heterocycles. The molecule has 0 aliphatic heterocycles. The molecule has 3 N–H and O–H groups in total. The fourth-order valence-electron chi connectivity index (χ4n) is 1.91. The van der Waals surface area contributed by atoms with Gasteiger partial charge in [0, 0.05) is 24.5 Å². The number of nitrogens with two attached hydrogens (primary N) is 1. The van der Waals surface area contributed by atoms with Crippen molar-refractivity contribution in [2.75, 3.05) is 0 Å². The third kappa shape index (κ3) is 2.85. The Morgan fingerprint density at radius 2 is 2.41 bits per heavy atom. The molecule has 0 saturated heterocycles. The Hall–Kier alpha value is -1.36. The Morgan fingerprint density at radius 1 is 1.71 bits per heavy atom. The van der Waals surface area contributed by atoms with Gasteiger partial charge in [0.25, 0.3) is 0 Å². The summed E-state index contributed by atoms with van der Waals surface area (Å²) in [5, 5.41) is 7.54. The maximum atomic E-state index is 11.6. The molecule has 2 rings (SSSR count). The molecule has 94 valence electrons. The van der Waals surface area contributed by atoms with Gasteiger partial charge < -0.3 is 11.1 Å². The van der Waals surface area contributed by atoms with Crippen molar-refractivity contribution >= 4 is 5.91 Å². The number of aromatic nitrogens is 2. The summed E-state index contributed by atoms with van der Waals surface area (Å²) in [6.45, 7) is 4.59. The molecular weight excluding hydrogens is 216 g/mol. The minimum absolute atomic E-state index is 0.283. The zero-order valence-electron chi connectivity index (χ0n) is 10.4. The molecule has 0 bridgehead atoms. The Kier molecular flexibility index (Phi) is 3.19.